The molecule has 4 heteroatoms. The van der Waals surface area contributed by atoms with Gasteiger partial charge in [-0.05, 0) is 42.8 Å². The first-order valence-electron chi connectivity index (χ1n) is 6.99. The molecule has 2 aromatic carbocycles. The predicted molar refractivity (Wildman–Crippen MR) is 89.0 cm³/mol. The lowest BCUT2D eigenvalue weighted by atomic mass is 10.1. The molecule has 110 valence electrons. The summed E-state index contributed by atoms with van der Waals surface area (Å²) in [5.74, 6) is 0.0415. The first kappa shape index (κ1) is 15.7. The van der Waals surface area contributed by atoms with E-state index in [1.807, 2.05) is 59.5 Å². The second-order valence-electron chi connectivity index (χ2n) is 4.86. The van der Waals surface area contributed by atoms with Crippen LogP contribution in [0.1, 0.15) is 22.3 Å². The van der Waals surface area contributed by atoms with Crippen molar-refractivity contribution in [2.45, 2.75) is 13.0 Å². The van der Waals surface area contributed by atoms with Crippen molar-refractivity contribution in [1.82, 2.24) is 4.90 Å². The second-order valence-corrected chi connectivity index (χ2v) is 5.78. The molecule has 0 heterocycles. The Morgan fingerprint density at radius 2 is 1.71 bits per heavy atom. The molecule has 0 aliphatic rings. The van der Waals surface area contributed by atoms with Crippen molar-refractivity contribution < 1.29 is 4.79 Å². The zero-order valence-electron chi connectivity index (χ0n) is 11.8. The monoisotopic (exact) mass is 346 g/mol. The van der Waals surface area contributed by atoms with Crippen molar-refractivity contribution in [3.05, 3.63) is 70.2 Å². The van der Waals surface area contributed by atoms with Crippen LogP contribution in [0.5, 0.6) is 0 Å². The predicted octanol–water partition coefficient (Wildman–Crippen LogP) is 3.44. The highest BCUT2D eigenvalue weighted by atomic mass is 79.9. The number of nitrogens with two attached hydrogens (primary N) is 1. The summed E-state index contributed by atoms with van der Waals surface area (Å²) in [5.41, 5.74) is 7.41. The molecule has 2 aromatic rings. The van der Waals surface area contributed by atoms with E-state index in [0.717, 1.165) is 16.5 Å². The first-order valence-corrected chi connectivity index (χ1v) is 7.79. The fourth-order valence-electron chi connectivity index (χ4n) is 2.11. The number of amides is 1. The minimum absolute atomic E-state index is 0.0415. The Kier molecular flexibility index (Phi) is 5.96. The quantitative estimate of drug-likeness (QED) is 0.870. The molecule has 0 aliphatic carbocycles. The van der Waals surface area contributed by atoms with Gasteiger partial charge in [0.05, 0.1) is 0 Å². The van der Waals surface area contributed by atoms with E-state index >= 15 is 0 Å². The van der Waals surface area contributed by atoms with Crippen molar-refractivity contribution >= 4 is 21.8 Å². The third-order valence-electron chi connectivity index (χ3n) is 3.23. The molecule has 0 aromatic heterocycles. The SMILES string of the molecule is NCCCN(Cc1ccccc1)C(=O)c1ccc(Br)cc1. The number of hydrogen-bond donors (Lipinski definition) is 1. The lowest BCUT2D eigenvalue weighted by molar-refractivity contribution is 0.0742. The smallest absolute Gasteiger partial charge is 0.254 e. The van der Waals surface area contributed by atoms with Crippen LogP contribution in [-0.2, 0) is 6.54 Å². The van der Waals surface area contributed by atoms with Gasteiger partial charge in [0, 0.05) is 23.1 Å². The average Bonchev–Trinajstić information content (AvgIpc) is 2.52. The van der Waals surface area contributed by atoms with Crippen LogP contribution in [0.2, 0.25) is 0 Å². The maximum absolute atomic E-state index is 12.6. The summed E-state index contributed by atoms with van der Waals surface area (Å²) in [7, 11) is 0. The number of carbonyl (C=O) groups is 1. The van der Waals surface area contributed by atoms with Gasteiger partial charge in [0.15, 0.2) is 0 Å². The molecule has 21 heavy (non-hydrogen) atoms. The maximum atomic E-state index is 12.6. The maximum Gasteiger partial charge on any atom is 0.254 e. The van der Waals surface area contributed by atoms with Crippen LogP contribution in [0.3, 0.4) is 0 Å². The summed E-state index contributed by atoms with van der Waals surface area (Å²) in [6.07, 6.45) is 0.801. The highest BCUT2D eigenvalue weighted by molar-refractivity contribution is 9.10. The van der Waals surface area contributed by atoms with Crippen molar-refractivity contribution in [3.8, 4) is 0 Å². The van der Waals surface area contributed by atoms with Crippen molar-refractivity contribution in [2.75, 3.05) is 13.1 Å². The van der Waals surface area contributed by atoms with Gasteiger partial charge in [0.1, 0.15) is 0 Å². The van der Waals surface area contributed by atoms with Gasteiger partial charge in [0.2, 0.25) is 0 Å². The van der Waals surface area contributed by atoms with Gasteiger partial charge >= 0.3 is 0 Å². The molecule has 1 amide bonds. The minimum Gasteiger partial charge on any atom is -0.334 e. The standard InChI is InChI=1S/C17H19BrN2O/c18-16-9-7-15(8-10-16)17(21)20(12-4-11-19)13-14-5-2-1-3-6-14/h1-3,5-10H,4,11-13,19H2. The number of benzene rings is 2. The minimum atomic E-state index is 0.0415. The van der Waals surface area contributed by atoms with Crippen molar-refractivity contribution in [1.29, 1.82) is 0 Å². The van der Waals surface area contributed by atoms with E-state index < -0.39 is 0 Å². The van der Waals surface area contributed by atoms with Crippen LogP contribution in [0.15, 0.2) is 59.1 Å². The molecule has 0 bridgehead atoms. The van der Waals surface area contributed by atoms with Crippen LogP contribution >= 0.6 is 15.9 Å². The molecular formula is C17H19BrN2O. The highest BCUT2D eigenvalue weighted by Crippen LogP contribution is 2.14. The summed E-state index contributed by atoms with van der Waals surface area (Å²) in [4.78, 5) is 14.5. The van der Waals surface area contributed by atoms with E-state index in [-0.39, 0.29) is 5.91 Å². The number of rotatable bonds is 6. The zero-order valence-corrected chi connectivity index (χ0v) is 13.4. The van der Waals surface area contributed by atoms with E-state index in [0.29, 0.717) is 25.2 Å². The molecule has 0 unspecified atom stereocenters. The van der Waals surface area contributed by atoms with Crippen LogP contribution in [0, 0.1) is 0 Å². The highest BCUT2D eigenvalue weighted by Gasteiger charge is 2.15. The zero-order chi connectivity index (χ0) is 15.1. The first-order chi connectivity index (χ1) is 10.2. The molecule has 0 spiro atoms. The number of nitrogens with zero attached hydrogens (tertiary/aromatic N) is 1. The molecule has 0 saturated carbocycles. The topological polar surface area (TPSA) is 46.3 Å². The Labute approximate surface area is 133 Å². The third-order valence-corrected chi connectivity index (χ3v) is 3.76. The lowest BCUT2D eigenvalue weighted by Crippen LogP contribution is -2.32. The van der Waals surface area contributed by atoms with Crippen molar-refractivity contribution in [3.63, 3.8) is 0 Å². The Bertz CT molecular complexity index is 569. The molecule has 0 fully saturated rings. The van der Waals surface area contributed by atoms with Gasteiger partial charge in [0.25, 0.3) is 5.91 Å². The number of hydrogen-bond acceptors (Lipinski definition) is 2. The van der Waals surface area contributed by atoms with Gasteiger partial charge < -0.3 is 10.6 Å². The normalized spacial score (nSPS) is 10.4. The Hall–Kier alpha value is -1.65. The van der Waals surface area contributed by atoms with Gasteiger partial charge in [-0.25, -0.2) is 0 Å². The van der Waals surface area contributed by atoms with Crippen molar-refractivity contribution in [2.24, 2.45) is 5.73 Å². The largest absolute Gasteiger partial charge is 0.334 e. The van der Waals surface area contributed by atoms with Crippen LogP contribution in [0.4, 0.5) is 0 Å². The molecule has 0 saturated heterocycles. The Balaban J connectivity index is 2.14. The lowest BCUT2D eigenvalue weighted by Gasteiger charge is -2.23. The summed E-state index contributed by atoms with van der Waals surface area (Å²) in [5, 5.41) is 0. The van der Waals surface area contributed by atoms with Crippen LogP contribution in [-0.4, -0.2) is 23.9 Å². The fourth-order valence-corrected chi connectivity index (χ4v) is 2.38. The van der Waals surface area contributed by atoms with Gasteiger partial charge in [-0.3, -0.25) is 4.79 Å². The summed E-state index contributed by atoms with van der Waals surface area (Å²) >= 11 is 3.39. The summed E-state index contributed by atoms with van der Waals surface area (Å²) in [6.45, 7) is 1.86. The van der Waals surface area contributed by atoms with Gasteiger partial charge in [-0.1, -0.05) is 46.3 Å². The van der Waals surface area contributed by atoms with E-state index in [4.69, 9.17) is 5.73 Å². The van der Waals surface area contributed by atoms with E-state index in [2.05, 4.69) is 15.9 Å². The number of halogens is 1. The molecule has 0 atom stereocenters. The molecule has 0 radical (unpaired) electrons. The summed E-state index contributed by atoms with van der Waals surface area (Å²) < 4.78 is 0.968. The Morgan fingerprint density at radius 3 is 2.33 bits per heavy atom. The van der Waals surface area contributed by atoms with Crippen LogP contribution < -0.4 is 5.73 Å². The molecule has 2 N–H and O–H groups in total. The summed E-state index contributed by atoms with van der Waals surface area (Å²) in [6, 6.07) is 17.5. The Morgan fingerprint density at radius 1 is 1.05 bits per heavy atom. The molecule has 0 aliphatic heterocycles. The molecule has 2 rings (SSSR count). The van der Waals surface area contributed by atoms with E-state index in [1.165, 1.54) is 0 Å². The number of carbonyl (C=O) groups excluding carboxylic acids is 1. The molecule has 3 nitrogen and oxygen atoms in total. The van der Waals surface area contributed by atoms with Gasteiger partial charge in [-0.15, -0.1) is 0 Å². The fraction of sp³-hybridized carbons (Fsp3) is 0.235. The molecular weight excluding hydrogens is 328 g/mol. The van der Waals surface area contributed by atoms with E-state index in [1.54, 1.807) is 0 Å². The third kappa shape index (κ3) is 4.69. The van der Waals surface area contributed by atoms with Gasteiger partial charge in [-0.2, -0.15) is 0 Å². The van der Waals surface area contributed by atoms with Crippen LogP contribution in [0.25, 0.3) is 0 Å². The second kappa shape index (κ2) is 7.96. The average molecular weight is 347 g/mol. The van der Waals surface area contributed by atoms with E-state index in [9.17, 15) is 4.79 Å².